The van der Waals surface area contributed by atoms with Crippen LogP contribution in [-0.2, 0) is 16.8 Å². The van der Waals surface area contributed by atoms with Crippen molar-refractivity contribution < 1.29 is 4.79 Å². The average molecular weight is 446 g/mol. The molecule has 1 saturated carbocycles. The van der Waals surface area contributed by atoms with Gasteiger partial charge < -0.3 is 15.2 Å². The maximum absolute atomic E-state index is 12.5. The minimum absolute atomic E-state index is 0.0619. The Morgan fingerprint density at radius 3 is 2.39 bits per heavy atom. The van der Waals surface area contributed by atoms with Crippen LogP contribution in [0.1, 0.15) is 58.4 Å². The van der Waals surface area contributed by atoms with Crippen molar-refractivity contribution in [2.45, 2.75) is 64.8 Å². The van der Waals surface area contributed by atoms with Crippen LogP contribution in [0.4, 0.5) is 0 Å². The third-order valence-electron chi connectivity index (χ3n) is 6.95. The molecule has 2 aromatic carbocycles. The molecule has 0 unspecified atom stereocenters. The minimum atomic E-state index is 0.0619. The molecule has 1 aliphatic carbocycles. The Morgan fingerprint density at radius 1 is 0.939 bits per heavy atom. The van der Waals surface area contributed by atoms with Gasteiger partial charge in [0.05, 0.1) is 0 Å². The van der Waals surface area contributed by atoms with Gasteiger partial charge in [0.15, 0.2) is 0 Å². The third-order valence-corrected chi connectivity index (χ3v) is 6.95. The summed E-state index contributed by atoms with van der Waals surface area (Å²) >= 11 is 0. The van der Waals surface area contributed by atoms with Crippen molar-refractivity contribution in [2.75, 3.05) is 19.6 Å². The summed E-state index contributed by atoms with van der Waals surface area (Å²) in [6.07, 6.45) is 8.85. The van der Waals surface area contributed by atoms with Crippen molar-refractivity contribution in [3.8, 4) is 11.1 Å². The highest BCUT2D eigenvalue weighted by Crippen LogP contribution is 2.28. The Bertz CT molecular complexity index is 1050. The summed E-state index contributed by atoms with van der Waals surface area (Å²) in [5, 5.41) is 7.74. The summed E-state index contributed by atoms with van der Waals surface area (Å²) in [7, 11) is 0. The number of hydrogen-bond acceptors (Lipinski definition) is 2. The van der Waals surface area contributed by atoms with Gasteiger partial charge in [-0.1, -0.05) is 76.4 Å². The number of nitrogens with one attached hydrogen (secondary N) is 2. The Balaban J connectivity index is 1.33. The quantitative estimate of drug-likeness (QED) is 0.425. The second-order valence-electron chi connectivity index (χ2n) is 10.6. The van der Waals surface area contributed by atoms with Crippen molar-refractivity contribution in [1.82, 2.24) is 15.2 Å². The Morgan fingerprint density at radius 2 is 1.67 bits per heavy atom. The van der Waals surface area contributed by atoms with Gasteiger partial charge in [-0.05, 0) is 64.9 Å². The SMILES string of the molecule is CC(C)(C)c1ccc(-c2ccc3ccn(CC(=O)NCCNCC4CCCCC4)c3c2)cc1. The number of benzene rings is 2. The van der Waals surface area contributed by atoms with Crippen molar-refractivity contribution >= 4 is 16.8 Å². The van der Waals surface area contributed by atoms with Gasteiger partial charge in [-0.15, -0.1) is 0 Å². The van der Waals surface area contributed by atoms with Crippen LogP contribution in [-0.4, -0.2) is 30.1 Å². The normalized spacial score (nSPS) is 15.1. The lowest BCUT2D eigenvalue weighted by Crippen LogP contribution is -2.35. The summed E-state index contributed by atoms with van der Waals surface area (Å²) in [5.74, 6) is 0.881. The van der Waals surface area contributed by atoms with Crippen molar-refractivity contribution in [1.29, 1.82) is 0 Å². The molecule has 0 bridgehead atoms. The molecule has 2 N–H and O–H groups in total. The number of rotatable bonds is 8. The molecule has 0 radical (unpaired) electrons. The fraction of sp³-hybridized carbons (Fsp3) is 0.483. The molecule has 0 atom stereocenters. The van der Waals surface area contributed by atoms with E-state index in [1.807, 2.05) is 10.8 Å². The number of aromatic nitrogens is 1. The summed E-state index contributed by atoms with van der Waals surface area (Å²) < 4.78 is 2.05. The van der Waals surface area contributed by atoms with E-state index in [0.717, 1.165) is 29.9 Å². The van der Waals surface area contributed by atoms with Crippen LogP contribution in [0, 0.1) is 5.92 Å². The van der Waals surface area contributed by atoms with Crippen LogP contribution in [0.2, 0.25) is 0 Å². The maximum Gasteiger partial charge on any atom is 0.239 e. The maximum atomic E-state index is 12.5. The van der Waals surface area contributed by atoms with E-state index in [-0.39, 0.29) is 11.3 Å². The first-order chi connectivity index (χ1) is 15.9. The average Bonchev–Trinajstić information content (AvgIpc) is 3.21. The van der Waals surface area contributed by atoms with E-state index in [2.05, 4.69) is 79.9 Å². The predicted octanol–water partition coefficient (Wildman–Crippen LogP) is 5.89. The van der Waals surface area contributed by atoms with Gasteiger partial charge in [0, 0.05) is 24.8 Å². The molecule has 4 nitrogen and oxygen atoms in total. The number of carbonyl (C=O) groups excluding carboxylic acids is 1. The highest BCUT2D eigenvalue weighted by atomic mass is 16.1. The number of nitrogens with zero attached hydrogens (tertiary/aromatic N) is 1. The van der Waals surface area contributed by atoms with E-state index in [4.69, 9.17) is 0 Å². The zero-order valence-corrected chi connectivity index (χ0v) is 20.5. The predicted molar refractivity (Wildman–Crippen MR) is 139 cm³/mol. The molecule has 1 aliphatic rings. The Hall–Kier alpha value is -2.59. The van der Waals surface area contributed by atoms with Gasteiger partial charge in [0.25, 0.3) is 0 Å². The topological polar surface area (TPSA) is 46.1 Å². The molecule has 1 heterocycles. The second kappa shape index (κ2) is 10.6. The van der Waals surface area contributed by atoms with E-state index < -0.39 is 0 Å². The molecular weight excluding hydrogens is 406 g/mol. The van der Waals surface area contributed by atoms with Crippen LogP contribution in [0.3, 0.4) is 0 Å². The molecule has 0 spiro atoms. The van der Waals surface area contributed by atoms with Crippen LogP contribution in [0.15, 0.2) is 54.7 Å². The molecule has 1 fully saturated rings. The smallest absolute Gasteiger partial charge is 0.239 e. The van der Waals surface area contributed by atoms with Gasteiger partial charge in [0.1, 0.15) is 6.54 Å². The van der Waals surface area contributed by atoms with E-state index in [9.17, 15) is 4.79 Å². The summed E-state index contributed by atoms with van der Waals surface area (Å²) in [5.41, 5.74) is 4.95. The highest BCUT2D eigenvalue weighted by Gasteiger charge is 2.14. The monoisotopic (exact) mass is 445 g/mol. The number of hydrogen-bond donors (Lipinski definition) is 2. The number of carbonyl (C=O) groups is 1. The molecule has 0 saturated heterocycles. The van der Waals surface area contributed by atoms with E-state index >= 15 is 0 Å². The first kappa shape index (κ1) is 23.6. The summed E-state index contributed by atoms with van der Waals surface area (Å²) in [6.45, 7) is 9.65. The van der Waals surface area contributed by atoms with Gasteiger partial charge in [0.2, 0.25) is 5.91 Å². The molecule has 1 aromatic heterocycles. The van der Waals surface area contributed by atoms with Crippen molar-refractivity contribution in [3.05, 3.63) is 60.3 Å². The van der Waals surface area contributed by atoms with E-state index in [1.54, 1.807) is 0 Å². The van der Waals surface area contributed by atoms with E-state index in [1.165, 1.54) is 48.8 Å². The molecule has 0 aliphatic heterocycles. The molecule has 3 aromatic rings. The van der Waals surface area contributed by atoms with Crippen LogP contribution in [0.5, 0.6) is 0 Å². The van der Waals surface area contributed by atoms with Crippen LogP contribution in [0.25, 0.3) is 22.0 Å². The minimum Gasteiger partial charge on any atom is -0.353 e. The van der Waals surface area contributed by atoms with Crippen molar-refractivity contribution in [3.63, 3.8) is 0 Å². The Kier molecular flexibility index (Phi) is 7.54. The van der Waals surface area contributed by atoms with Crippen LogP contribution < -0.4 is 10.6 Å². The lowest BCUT2D eigenvalue weighted by Gasteiger charge is -2.21. The lowest BCUT2D eigenvalue weighted by atomic mass is 9.86. The van der Waals surface area contributed by atoms with Gasteiger partial charge in [-0.2, -0.15) is 0 Å². The van der Waals surface area contributed by atoms with Gasteiger partial charge in [-0.25, -0.2) is 0 Å². The molecule has 4 heteroatoms. The summed E-state index contributed by atoms with van der Waals surface area (Å²) in [4.78, 5) is 12.5. The first-order valence-corrected chi connectivity index (χ1v) is 12.6. The molecule has 176 valence electrons. The fourth-order valence-electron chi connectivity index (χ4n) is 4.86. The van der Waals surface area contributed by atoms with Crippen molar-refractivity contribution in [2.24, 2.45) is 5.92 Å². The standard InChI is InChI=1S/C29H39N3O/c1-29(2,3)26-13-11-23(12-14-26)25-10-9-24-15-18-32(27(24)19-25)21-28(33)31-17-16-30-20-22-7-5-4-6-8-22/h9-15,18-19,22,30H,4-8,16-17,20-21H2,1-3H3,(H,31,33). The molecule has 1 amide bonds. The lowest BCUT2D eigenvalue weighted by molar-refractivity contribution is -0.121. The largest absolute Gasteiger partial charge is 0.353 e. The zero-order chi connectivity index (χ0) is 23.3. The van der Waals surface area contributed by atoms with Gasteiger partial charge >= 0.3 is 0 Å². The zero-order valence-electron chi connectivity index (χ0n) is 20.5. The highest BCUT2D eigenvalue weighted by molar-refractivity contribution is 5.87. The molecular formula is C29H39N3O. The van der Waals surface area contributed by atoms with Gasteiger partial charge in [-0.3, -0.25) is 4.79 Å². The third kappa shape index (κ3) is 6.26. The van der Waals surface area contributed by atoms with Crippen LogP contribution >= 0.6 is 0 Å². The number of amides is 1. The second-order valence-corrected chi connectivity index (χ2v) is 10.6. The Labute approximate surface area is 198 Å². The molecule has 4 rings (SSSR count). The first-order valence-electron chi connectivity index (χ1n) is 12.6. The fourth-order valence-corrected chi connectivity index (χ4v) is 4.86. The van der Waals surface area contributed by atoms with E-state index in [0.29, 0.717) is 13.1 Å². The summed E-state index contributed by atoms with van der Waals surface area (Å²) in [6, 6.07) is 17.4. The number of fused-ring (bicyclic) bond motifs is 1. The molecule has 33 heavy (non-hydrogen) atoms.